The van der Waals surface area contributed by atoms with Crippen molar-refractivity contribution in [2.45, 2.75) is 43.4 Å². The molecule has 0 saturated heterocycles. The van der Waals surface area contributed by atoms with Gasteiger partial charge in [-0.3, -0.25) is 4.79 Å². The Morgan fingerprint density at radius 2 is 1.83 bits per heavy atom. The van der Waals surface area contributed by atoms with E-state index in [0.29, 0.717) is 11.1 Å². The Labute approximate surface area is 176 Å². The van der Waals surface area contributed by atoms with Crippen LogP contribution >= 0.6 is 0 Å². The van der Waals surface area contributed by atoms with Gasteiger partial charge >= 0.3 is 5.91 Å². The van der Waals surface area contributed by atoms with Gasteiger partial charge in [-0.2, -0.15) is 0 Å². The smallest absolute Gasteiger partial charge is 0.300 e. The van der Waals surface area contributed by atoms with Crippen LogP contribution in [0.15, 0.2) is 51.8 Å². The van der Waals surface area contributed by atoms with E-state index in [1.54, 1.807) is 19.1 Å². The molecule has 1 N–H and O–H groups in total. The number of fused-ring (bicyclic) bond motifs is 1. The van der Waals surface area contributed by atoms with Gasteiger partial charge in [0.1, 0.15) is 5.58 Å². The van der Waals surface area contributed by atoms with Crippen molar-refractivity contribution in [1.29, 1.82) is 0 Å². The van der Waals surface area contributed by atoms with Crippen LogP contribution in [0.5, 0.6) is 0 Å². The predicted octanol–water partition coefficient (Wildman–Crippen LogP) is 4.58. The highest BCUT2D eigenvalue weighted by molar-refractivity contribution is 7.90. The van der Waals surface area contributed by atoms with E-state index in [1.165, 1.54) is 0 Å². The number of furan rings is 1. The molecular weight excluding hydrogens is 400 g/mol. The molecule has 0 radical (unpaired) electrons. The van der Waals surface area contributed by atoms with E-state index >= 15 is 0 Å². The molecule has 0 aliphatic heterocycles. The van der Waals surface area contributed by atoms with E-state index in [2.05, 4.69) is 4.72 Å². The minimum atomic E-state index is -4.03. The summed E-state index contributed by atoms with van der Waals surface area (Å²) in [5, 5.41) is 0.741. The first-order valence-corrected chi connectivity index (χ1v) is 11.6. The highest BCUT2D eigenvalue weighted by atomic mass is 32.2. The number of hydrogen-bond acceptors (Lipinski definition) is 5. The average molecular weight is 427 g/mol. The fourth-order valence-electron chi connectivity index (χ4n) is 4.23. The maximum Gasteiger partial charge on any atom is 0.300 e. The summed E-state index contributed by atoms with van der Waals surface area (Å²) in [5.74, 6) is -0.582. The first kappa shape index (κ1) is 20.5. The van der Waals surface area contributed by atoms with Crippen LogP contribution in [0.1, 0.15) is 53.3 Å². The number of amides is 1. The van der Waals surface area contributed by atoms with Gasteiger partial charge in [-0.1, -0.05) is 31.0 Å². The molecule has 1 aliphatic rings. The quantitative estimate of drug-likeness (QED) is 0.646. The normalized spacial score (nSPS) is 14.9. The summed E-state index contributed by atoms with van der Waals surface area (Å²) in [5.41, 5.74) is 2.90. The molecule has 158 valence electrons. The Hall–Kier alpha value is -2.80. The Balaban J connectivity index is 1.66. The lowest BCUT2D eigenvalue weighted by molar-refractivity contribution is 0.0956. The van der Waals surface area contributed by atoms with Crippen LogP contribution in [-0.4, -0.2) is 28.4 Å². The Bertz CT molecular complexity index is 1210. The minimum Gasteiger partial charge on any atom is -0.451 e. The standard InChI is InChI=1S/C23H26N2O4S/c1-15-7-6-10-19(16-8-4-5-9-16)22(15)30(27,28)24-23(26)21-13-17-11-12-18(25(2)3)14-20(17)29-21/h6-7,10-14,16H,4-5,8-9H2,1-3H3,(H,24,26). The number of anilines is 1. The van der Waals surface area contributed by atoms with E-state index < -0.39 is 15.9 Å². The fraction of sp³-hybridized carbons (Fsp3) is 0.348. The van der Waals surface area contributed by atoms with E-state index in [9.17, 15) is 13.2 Å². The second kappa shape index (κ2) is 7.80. The van der Waals surface area contributed by atoms with Gasteiger partial charge in [0.25, 0.3) is 10.0 Å². The Kier molecular flexibility index (Phi) is 5.32. The number of aryl methyl sites for hydroxylation is 1. The predicted molar refractivity (Wildman–Crippen MR) is 118 cm³/mol. The molecule has 4 rings (SSSR count). The first-order valence-electron chi connectivity index (χ1n) is 10.1. The van der Waals surface area contributed by atoms with E-state index in [-0.39, 0.29) is 16.6 Å². The van der Waals surface area contributed by atoms with E-state index in [1.807, 2.05) is 49.3 Å². The minimum absolute atomic E-state index is 0.0273. The summed E-state index contributed by atoms with van der Waals surface area (Å²) in [6.07, 6.45) is 4.13. The highest BCUT2D eigenvalue weighted by Gasteiger charge is 2.29. The molecule has 3 aromatic rings. The summed E-state index contributed by atoms with van der Waals surface area (Å²) >= 11 is 0. The number of carbonyl (C=O) groups excluding carboxylic acids is 1. The van der Waals surface area contributed by atoms with Crippen LogP contribution in [0.4, 0.5) is 5.69 Å². The van der Waals surface area contributed by atoms with Gasteiger partial charge in [0, 0.05) is 31.2 Å². The third-order valence-corrected chi connectivity index (χ3v) is 7.33. The van der Waals surface area contributed by atoms with E-state index in [0.717, 1.165) is 42.3 Å². The van der Waals surface area contributed by atoms with Gasteiger partial charge in [-0.05, 0) is 55.0 Å². The number of carbonyl (C=O) groups is 1. The third-order valence-electron chi connectivity index (χ3n) is 5.78. The van der Waals surface area contributed by atoms with Gasteiger partial charge in [0.15, 0.2) is 5.76 Å². The van der Waals surface area contributed by atoms with Gasteiger partial charge in [-0.15, -0.1) is 0 Å². The molecule has 6 nitrogen and oxygen atoms in total. The lowest BCUT2D eigenvalue weighted by atomic mass is 9.96. The molecule has 1 heterocycles. The van der Waals surface area contributed by atoms with Gasteiger partial charge in [0.2, 0.25) is 0 Å². The second-order valence-electron chi connectivity index (χ2n) is 8.14. The molecule has 30 heavy (non-hydrogen) atoms. The molecule has 1 saturated carbocycles. The summed E-state index contributed by atoms with van der Waals surface area (Å²) in [4.78, 5) is 14.9. The van der Waals surface area contributed by atoms with Crippen LogP contribution in [-0.2, 0) is 10.0 Å². The second-order valence-corrected chi connectivity index (χ2v) is 9.76. The summed E-state index contributed by atoms with van der Waals surface area (Å²) in [6, 6.07) is 12.7. The van der Waals surface area contributed by atoms with Crippen molar-refractivity contribution in [2.24, 2.45) is 0 Å². The van der Waals surface area contributed by atoms with Crippen molar-refractivity contribution in [3.8, 4) is 0 Å². The molecule has 7 heteroatoms. The lowest BCUT2D eigenvalue weighted by Crippen LogP contribution is -2.31. The molecule has 0 unspecified atom stereocenters. The molecule has 1 fully saturated rings. The molecule has 1 amide bonds. The molecule has 1 aliphatic carbocycles. The highest BCUT2D eigenvalue weighted by Crippen LogP contribution is 2.38. The van der Waals surface area contributed by atoms with Crippen LogP contribution in [0.2, 0.25) is 0 Å². The van der Waals surface area contributed by atoms with Crippen molar-refractivity contribution >= 4 is 32.6 Å². The largest absolute Gasteiger partial charge is 0.451 e. The maximum absolute atomic E-state index is 13.2. The van der Waals surface area contributed by atoms with Crippen LogP contribution in [0, 0.1) is 6.92 Å². The first-order chi connectivity index (χ1) is 14.3. The van der Waals surface area contributed by atoms with Gasteiger partial charge in [-0.25, -0.2) is 13.1 Å². The Morgan fingerprint density at radius 3 is 2.53 bits per heavy atom. The molecule has 0 spiro atoms. The zero-order valence-electron chi connectivity index (χ0n) is 17.4. The SMILES string of the molecule is Cc1cccc(C2CCCC2)c1S(=O)(=O)NC(=O)c1cc2ccc(N(C)C)cc2o1. The number of rotatable bonds is 5. The van der Waals surface area contributed by atoms with Gasteiger partial charge < -0.3 is 9.32 Å². The number of hydrogen-bond donors (Lipinski definition) is 1. The number of sulfonamides is 1. The summed E-state index contributed by atoms with van der Waals surface area (Å²) in [7, 11) is -0.211. The van der Waals surface area contributed by atoms with Crippen molar-refractivity contribution in [3.63, 3.8) is 0 Å². The lowest BCUT2D eigenvalue weighted by Gasteiger charge is -2.17. The fourth-order valence-corrected chi connectivity index (χ4v) is 5.72. The van der Waals surface area contributed by atoms with E-state index in [4.69, 9.17) is 4.42 Å². The molecule has 2 aromatic carbocycles. The molecule has 0 bridgehead atoms. The van der Waals surface area contributed by atoms with Gasteiger partial charge in [0.05, 0.1) is 4.90 Å². The van der Waals surface area contributed by atoms with Crippen LogP contribution < -0.4 is 9.62 Å². The molecule has 1 aromatic heterocycles. The summed E-state index contributed by atoms with van der Waals surface area (Å²) < 4.78 is 34.3. The average Bonchev–Trinajstić information content (AvgIpc) is 3.36. The number of nitrogens with zero attached hydrogens (tertiary/aromatic N) is 1. The van der Waals surface area contributed by atoms with Crippen molar-refractivity contribution in [1.82, 2.24) is 4.72 Å². The van der Waals surface area contributed by atoms with Crippen LogP contribution in [0.25, 0.3) is 11.0 Å². The zero-order valence-corrected chi connectivity index (χ0v) is 18.3. The number of benzene rings is 2. The topological polar surface area (TPSA) is 79.6 Å². The maximum atomic E-state index is 13.2. The van der Waals surface area contributed by atoms with Crippen molar-refractivity contribution in [3.05, 3.63) is 59.4 Å². The summed E-state index contributed by atoms with van der Waals surface area (Å²) in [6.45, 7) is 1.77. The monoisotopic (exact) mass is 426 g/mol. The Morgan fingerprint density at radius 1 is 1.10 bits per heavy atom. The van der Waals surface area contributed by atoms with Crippen molar-refractivity contribution < 1.29 is 17.6 Å². The third kappa shape index (κ3) is 3.81. The molecule has 0 atom stereocenters. The molecular formula is C23H26N2O4S. The van der Waals surface area contributed by atoms with Crippen LogP contribution in [0.3, 0.4) is 0 Å². The zero-order chi connectivity index (χ0) is 21.5. The van der Waals surface area contributed by atoms with Crippen molar-refractivity contribution in [2.75, 3.05) is 19.0 Å². The number of nitrogens with one attached hydrogen (secondary N) is 1.